The van der Waals surface area contributed by atoms with E-state index in [2.05, 4.69) is 45.0 Å². The van der Waals surface area contributed by atoms with Crippen LogP contribution in [0.5, 0.6) is 0 Å². The first-order chi connectivity index (χ1) is 6.24. The van der Waals surface area contributed by atoms with Crippen molar-refractivity contribution in [2.45, 2.75) is 33.1 Å². The highest BCUT2D eigenvalue weighted by Crippen LogP contribution is 2.14. The van der Waals surface area contributed by atoms with Crippen molar-refractivity contribution in [3.8, 4) is 0 Å². The van der Waals surface area contributed by atoms with Crippen LogP contribution in [-0.2, 0) is 6.42 Å². The van der Waals surface area contributed by atoms with E-state index in [1.807, 2.05) is 0 Å². The predicted octanol–water partition coefficient (Wildman–Crippen LogP) is 3.39. The summed E-state index contributed by atoms with van der Waals surface area (Å²) in [6, 6.07) is 8.89. The lowest BCUT2D eigenvalue weighted by molar-refractivity contribution is -0.176. The summed E-state index contributed by atoms with van der Waals surface area (Å²) in [5.41, 5.74) is 2.86. The largest absolute Gasteiger partial charge is 0.255 e. The van der Waals surface area contributed by atoms with E-state index in [1.165, 1.54) is 11.1 Å². The van der Waals surface area contributed by atoms with E-state index in [1.54, 1.807) is 0 Å². The first-order valence-electron chi connectivity index (χ1n) is 4.53. The minimum atomic E-state index is 0.654. The highest BCUT2D eigenvalue weighted by Gasteiger charge is 1.96. The van der Waals surface area contributed by atoms with Crippen molar-refractivity contribution in [3.63, 3.8) is 0 Å². The molecule has 1 aromatic rings. The first-order valence-corrected chi connectivity index (χ1v) is 4.53. The van der Waals surface area contributed by atoms with Crippen molar-refractivity contribution >= 4 is 0 Å². The second-order valence-electron chi connectivity index (χ2n) is 3.25. The van der Waals surface area contributed by atoms with Crippen LogP contribution in [0.3, 0.4) is 0 Å². The van der Waals surface area contributed by atoms with Crippen LogP contribution >= 0.6 is 0 Å². The summed E-state index contributed by atoms with van der Waals surface area (Å²) in [6.07, 6.45) is 1.14. The van der Waals surface area contributed by atoms with E-state index in [0.717, 1.165) is 6.42 Å². The van der Waals surface area contributed by atoms with Gasteiger partial charge >= 0.3 is 0 Å². The molecule has 0 heterocycles. The Labute approximate surface area is 79.8 Å². The van der Waals surface area contributed by atoms with Gasteiger partial charge in [-0.05, 0) is 23.5 Å². The van der Waals surface area contributed by atoms with Crippen molar-refractivity contribution in [3.05, 3.63) is 35.4 Å². The van der Waals surface area contributed by atoms with Crippen molar-refractivity contribution in [2.24, 2.45) is 0 Å². The zero-order valence-electron chi connectivity index (χ0n) is 8.49. The summed E-state index contributed by atoms with van der Waals surface area (Å²) in [5, 5.41) is 12.0. The second kappa shape index (κ2) is 6.63. The van der Waals surface area contributed by atoms with Gasteiger partial charge in [-0.25, -0.2) is 0 Å². The summed E-state index contributed by atoms with van der Waals surface area (Å²) in [7, 11) is 0. The van der Waals surface area contributed by atoms with E-state index in [0.29, 0.717) is 5.92 Å². The molecule has 0 aliphatic rings. The molecule has 0 amide bonds. The molecule has 0 radical (unpaired) electrons. The molecule has 13 heavy (non-hydrogen) atoms. The smallest absolute Gasteiger partial charge is 0.0219 e. The van der Waals surface area contributed by atoms with E-state index in [-0.39, 0.29) is 0 Å². The van der Waals surface area contributed by atoms with Gasteiger partial charge in [0.05, 0.1) is 0 Å². The molecule has 2 heteroatoms. The number of benzene rings is 1. The molecule has 0 aliphatic heterocycles. The maximum atomic E-state index is 6.00. The Balaban J connectivity index is 0.000000671. The average molecular weight is 182 g/mol. The van der Waals surface area contributed by atoms with Crippen molar-refractivity contribution in [2.75, 3.05) is 0 Å². The van der Waals surface area contributed by atoms with Crippen LogP contribution in [0.15, 0.2) is 24.3 Å². The van der Waals surface area contributed by atoms with Gasteiger partial charge in [-0.1, -0.05) is 45.0 Å². The van der Waals surface area contributed by atoms with Gasteiger partial charge in [0, 0.05) is 0 Å². The number of rotatable bonds is 2. The van der Waals surface area contributed by atoms with Crippen LogP contribution in [0.2, 0.25) is 0 Å². The predicted molar refractivity (Wildman–Crippen MR) is 55.2 cm³/mol. The van der Waals surface area contributed by atoms with Crippen LogP contribution in [0.25, 0.3) is 0 Å². The van der Waals surface area contributed by atoms with Crippen LogP contribution < -0.4 is 0 Å². The Bertz CT molecular complexity index is 214. The third-order valence-corrected chi connectivity index (χ3v) is 2.05. The van der Waals surface area contributed by atoms with Gasteiger partial charge in [0.25, 0.3) is 0 Å². The third-order valence-electron chi connectivity index (χ3n) is 2.05. The molecule has 1 aromatic carbocycles. The fourth-order valence-electron chi connectivity index (χ4n) is 1.14. The summed E-state index contributed by atoms with van der Waals surface area (Å²) in [6.45, 7) is 6.63. The van der Waals surface area contributed by atoms with Crippen LogP contribution in [0.1, 0.15) is 37.8 Å². The van der Waals surface area contributed by atoms with Gasteiger partial charge < -0.3 is 0 Å². The lowest BCUT2D eigenvalue weighted by Gasteiger charge is -2.04. The monoisotopic (exact) mass is 182 g/mol. The standard InChI is InChI=1S/C11H16.H2O2/c1-4-10-5-7-11(8-6-10)9(2)3;1-2/h5-9H,4H2,1-3H3;1-2H. The summed E-state index contributed by atoms with van der Waals surface area (Å²) < 4.78 is 0. The first kappa shape index (κ1) is 12.1. The molecule has 0 fully saturated rings. The Morgan fingerprint density at radius 1 is 1.08 bits per heavy atom. The molecule has 1 rings (SSSR count). The van der Waals surface area contributed by atoms with Gasteiger partial charge in [0.2, 0.25) is 0 Å². The number of hydrogen-bond donors (Lipinski definition) is 2. The zero-order valence-corrected chi connectivity index (χ0v) is 8.49. The van der Waals surface area contributed by atoms with Crippen molar-refractivity contribution < 1.29 is 10.5 Å². The lowest BCUT2D eigenvalue weighted by atomic mass is 10.0. The molecule has 0 saturated heterocycles. The number of aryl methyl sites for hydroxylation is 1. The fourth-order valence-corrected chi connectivity index (χ4v) is 1.14. The van der Waals surface area contributed by atoms with Gasteiger partial charge in [-0.15, -0.1) is 0 Å². The minimum Gasteiger partial charge on any atom is -0.255 e. The van der Waals surface area contributed by atoms with E-state index in [9.17, 15) is 0 Å². The Morgan fingerprint density at radius 2 is 1.54 bits per heavy atom. The zero-order chi connectivity index (χ0) is 10.3. The molecule has 0 spiro atoms. The van der Waals surface area contributed by atoms with E-state index < -0.39 is 0 Å². The van der Waals surface area contributed by atoms with Crippen LogP contribution in [0, 0.1) is 0 Å². The topological polar surface area (TPSA) is 40.5 Å². The van der Waals surface area contributed by atoms with Gasteiger partial charge in [-0.3, -0.25) is 10.5 Å². The maximum Gasteiger partial charge on any atom is -0.0219 e. The molecule has 0 aromatic heterocycles. The van der Waals surface area contributed by atoms with Gasteiger partial charge in [0.1, 0.15) is 0 Å². The molecule has 0 unspecified atom stereocenters. The van der Waals surface area contributed by atoms with Crippen LogP contribution in [-0.4, -0.2) is 10.5 Å². The Hall–Kier alpha value is -0.860. The quantitative estimate of drug-likeness (QED) is 0.543. The lowest BCUT2D eigenvalue weighted by Crippen LogP contribution is -1.87. The van der Waals surface area contributed by atoms with Crippen molar-refractivity contribution in [1.82, 2.24) is 0 Å². The molecule has 0 atom stereocenters. The molecule has 74 valence electrons. The van der Waals surface area contributed by atoms with Gasteiger partial charge in [0.15, 0.2) is 0 Å². The highest BCUT2D eigenvalue weighted by atomic mass is 17.0. The Morgan fingerprint density at radius 3 is 1.85 bits per heavy atom. The van der Waals surface area contributed by atoms with Crippen molar-refractivity contribution in [1.29, 1.82) is 0 Å². The molecule has 2 nitrogen and oxygen atoms in total. The fraction of sp³-hybridized carbons (Fsp3) is 0.455. The maximum absolute atomic E-state index is 6.00. The summed E-state index contributed by atoms with van der Waals surface area (Å²) in [5.74, 6) is 0.654. The molecule has 0 bridgehead atoms. The molecule has 2 N–H and O–H groups in total. The van der Waals surface area contributed by atoms with E-state index >= 15 is 0 Å². The minimum absolute atomic E-state index is 0.654. The summed E-state index contributed by atoms with van der Waals surface area (Å²) >= 11 is 0. The normalized spacial score (nSPS) is 9.38. The third kappa shape index (κ3) is 4.06. The van der Waals surface area contributed by atoms with Gasteiger partial charge in [-0.2, -0.15) is 0 Å². The SMILES string of the molecule is CCc1ccc(C(C)C)cc1.OO. The summed E-state index contributed by atoms with van der Waals surface area (Å²) in [4.78, 5) is 0. The van der Waals surface area contributed by atoms with Crippen LogP contribution in [0.4, 0.5) is 0 Å². The number of hydrogen-bond acceptors (Lipinski definition) is 2. The molecular weight excluding hydrogens is 164 g/mol. The molecule has 0 saturated carbocycles. The highest BCUT2D eigenvalue weighted by molar-refractivity contribution is 5.24. The molecular formula is C11H18O2. The second-order valence-corrected chi connectivity index (χ2v) is 3.25. The average Bonchev–Trinajstić information content (AvgIpc) is 2.21. The van der Waals surface area contributed by atoms with E-state index in [4.69, 9.17) is 10.5 Å². The Kier molecular flexibility index (Phi) is 6.20. The molecule has 0 aliphatic carbocycles.